The lowest BCUT2D eigenvalue weighted by Crippen LogP contribution is -2.44. The Kier molecular flexibility index (Phi) is 6.65. The van der Waals surface area contributed by atoms with Gasteiger partial charge in [-0.05, 0) is 51.3 Å². The van der Waals surface area contributed by atoms with Crippen LogP contribution in [0.2, 0.25) is 0 Å². The van der Waals surface area contributed by atoms with Crippen molar-refractivity contribution in [3.8, 4) is 0 Å². The van der Waals surface area contributed by atoms with Gasteiger partial charge in [0.1, 0.15) is 0 Å². The zero-order valence-electron chi connectivity index (χ0n) is 13.8. The van der Waals surface area contributed by atoms with Crippen LogP contribution in [0, 0.1) is 6.92 Å². The molecule has 2 heterocycles. The minimum Gasteiger partial charge on any atom is -0.338 e. The zero-order valence-corrected chi connectivity index (χ0v) is 13.8. The molecule has 2 amide bonds. The van der Waals surface area contributed by atoms with E-state index in [0.717, 1.165) is 30.8 Å². The average Bonchev–Trinajstić information content (AvgIpc) is 2.51. The van der Waals surface area contributed by atoms with E-state index in [1.807, 2.05) is 19.2 Å². The maximum absolute atomic E-state index is 11.8. The van der Waals surface area contributed by atoms with Crippen LogP contribution in [-0.4, -0.2) is 48.1 Å². The summed E-state index contributed by atoms with van der Waals surface area (Å²) < 4.78 is 0. The molecule has 1 saturated heterocycles. The Morgan fingerprint density at radius 3 is 2.86 bits per heavy atom. The molecule has 1 aromatic rings. The Hall–Kier alpha value is -1.62. The van der Waals surface area contributed by atoms with Gasteiger partial charge in [-0.2, -0.15) is 0 Å². The molecule has 2 N–H and O–H groups in total. The number of amides is 2. The van der Waals surface area contributed by atoms with Crippen LogP contribution in [0.3, 0.4) is 0 Å². The highest BCUT2D eigenvalue weighted by molar-refractivity contribution is 5.73. The van der Waals surface area contributed by atoms with E-state index in [4.69, 9.17) is 0 Å². The summed E-state index contributed by atoms with van der Waals surface area (Å²) in [6.45, 7) is 7.69. The number of carbonyl (C=O) groups excluding carboxylic acids is 1. The predicted molar refractivity (Wildman–Crippen MR) is 89.0 cm³/mol. The van der Waals surface area contributed by atoms with Crippen molar-refractivity contribution in [1.29, 1.82) is 0 Å². The number of nitrogens with one attached hydrogen (secondary N) is 2. The Labute approximate surface area is 133 Å². The number of piperidine rings is 1. The zero-order chi connectivity index (χ0) is 15.8. The third kappa shape index (κ3) is 5.64. The molecule has 0 saturated carbocycles. The van der Waals surface area contributed by atoms with Gasteiger partial charge in [0.15, 0.2) is 0 Å². The van der Waals surface area contributed by atoms with Gasteiger partial charge in [0.05, 0.1) is 0 Å². The van der Waals surface area contributed by atoms with Crippen molar-refractivity contribution < 1.29 is 4.79 Å². The second-order valence-electron chi connectivity index (χ2n) is 6.12. The number of likely N-dealkylation sites (tertiary alicyclic amines) is 1. The van der Waals surface area contributed by atoms with Gasteiger partial charge in [-0.3, -0.25) is 9.88 Å². The summed E-state index contributed by atoms with van der Waals surface area (Å²) in [6.07, 6.45) is 6.56. The summed E-state index contributed by atoms with van der Waals surface area (Å²) in [5.74, 6) is 0. The van der Waals surface area contributed by atoms with Crippen molar-refractivity contribution in [2.24, 2.45) is 0 Å². The Balaban J connectivity index is 1.56. The molecule has 1 aliphatic rings. The summed E-state index contributed by atoms with van der Waals surface area (Å²) in [5, 5.41) is 5.84. The molecule has 122 valence electrons. The van der Waals surface area contributed by atoms with Crippen LogP contribution in [0.15, 0.2) is 18.3 Å². The van der Waals surface area contributed by atoms with Gasteiger partial charge in [0.2, 0.25) is 0 Å². The maximum atomic E-state index is 11.8. The number of pyridine rings is 1. The first kappa shape index (κ1) is 16.7. The Morgan fingerprint density at radius 1 is 1.32 bits per heavy atom. The van der Waals surface area contributed by atoms with E-state index in [1.54, 1.807) is 0 Å². The second kappa shape index (κ2) is 8.73. The van der Waals surface area contributed by atoms with Gasteiger partial charge in [0.25, 0.3) is 0 Å². The number of carbonyl (C=O) groups is 1. The number of nitrogens with zero attached hydrogens (tertiary/aromatic N) is 2. The highest BCUT2D eigenvalue weighted by Crippen LogP contribution is 2.15. The normalized spacial score (nSPS) is 18.9. The molecule has 1 aromatic heterocycles. The van der Waals surface area contributed by atoms with E-state index in [1.165, 1.54) is 19.3 Å². The smallest absolute Gasteiger partial charge is 0.314 e. The van der Waals surface area contributed by atoms with Crippen molar-refractivity contribution in [2.75, 3.05) is 26.2 Å². The van der Waals surface area contributed by atoms with Crippen LogP contribution in [0.25, 0.3) is 0 Å². The molecule has 0 radical (unpaired) electrons. The van der Waals surface area contributed by atoms with E-state index in [2.05, 4.69) is 33.5 Å². The molecule has 0 aliphatic carbocycles. The van der Waals surface area contributed by atoms with E-state index in [-0.39, 0.29) is 6.03 Å². The molecule has 2 rings (SSSR count). The molecule has 0 unspecified atom stereocenters. The average molecular weight is 304 g/mol. The molecular formula is C17H28N4O. The highest BCUT2D eigenvalue weighted by atomic mass is 16.2. The fourth-order valence-corrected chi connectivity index (χ4v) is 2.83. The summed E-state index contributed by atoms with van der Waals surface area (Å²) >= 11 is 0. The maximum Gasteiger partial charge on any atom is 0.314 e. The van der Waals surface area contributed by atoms with Crippen molar-refractivity contribution in [1.82, 2.24) is 20.5 Å². The minimum atomic E-state index is -0.0790. The summed E-state index contributed by atoms with van der Waals surface area (Å²) in [6, 6.07) is 4.62. The number of urea groups is 1. The fourth-order valence-electron chi connectivity index (χ4n) is 2.83. The lowest BCUT2D eigenvalue weighted by Gasteiger charge is -2.33. The second-order valence-corrected chi connectivity index (χ2v) is 6.12. The molecule has 5 heteroatoms. The van der Waals surface area contributed by atoms with E-state index < -0.39 is 0 Å². The summed E-state index contributed by atoms with van der Waals surface area (Å²) in [7, 11) is 0. The van der Waals surface area contributed by atoms with Crippen LogP contribution < -0.4 is 10.6 Å². The number of aromatic nitrogens is 1. The first-order valence-electron chi connectivity index (χ1n) is 8.32. The topological polar surface area (TPSA) is 57.3 Å². The third-order valence-electron chi connectivity index (χ3n) is 4.30. The summed E-state index contributed by atoms with van der Waals surface area (Å²) in [5.41, 5.74) is 2.16. The fraction of sp³-hybridized carbons (Fsp3) is 0.647. The minimum absolute atomic E-state index is 0.0790. The first-order valence-corrected chi connectivity index (χ1v) is 8.32. The van der Waals surface area contributed by atoms with Gasteiger partial charge in [-0.1, -0.05) is 12.5 Å². The molecule has 1 atom stereocenters. The molecule has 0 spiro atoms. The Bertz CT molecular complexity index is 460. The lowest BCUT2D eigenvalue weighted by molar-refractivity contribution is 0.161. The Morgan fingerprint density at radius 2 is 2.14 bits per heavy atom. The largest absolute Gasteiger partial charge is 0.338 e. The summed E-state index contributed by atoms with van der Waals surface area (Å²) in [4.78, 5) is 18.5. The van der Waals surface area contributed by atoms with Crippen molar-refractivity contribution in [2.45, 2.75) is 45.6 Å². The lowest BCUT2D eigenvalue weighted by atomic mass is 10.0. The van der Waals surface area contributed by atoms with Gasteiger partial charge in [-0.25, -0.2) is 4.79 Å². The van der Waals surface area contributed by atoms with Crippen LogP contribution in [0.4, 0.5) is 4.79 Å². The number of hydrogen-bond donors (Lipinski definition) is 2. The predicted octanol–water partition coefficient (Wildman–Crippen LogP) is 2.11. The molecule has 5 nitrogen and oxygen atoms in total. The molecule has 0 aromatic carbocycles. The molecule has 22 heavy (non-hydrogen) atoms. The van der Waals surface area contributed by atoms with Crippen LogP contribution >= 0.6 is 0 Å². The van der Waals surface area contributed by atoms with Gasteiger partial charge in [0, 0.05) is 37.6 Å². The van der Waals surface area contributed by atoms with Crippen LogP contribution in [-0.2, 0) is 6.42 Å². The number of hydrogen-bond acceptors (Lipinski definition) is 3. The van der Waals surface area contributed by atoms with Gasteiger partial charge < -0.3 is 10.6 Å². The highest BCUT2D eigenvalue weighted by Gasteiger charge is 2.17. The number of aryl methyl sites for hydroxylation is 1. The number of rotatable bonds is 6. The van der Waals surface area contributed by atoms with Gasteiger partial charge >= 0.3 is 6.03 Å². The molecule has 0 bridgehead atoms. The van der Waals surface area contributed by atoms with E-state index >= 15 is 0 Å². The van der Waals surface area contributed by atoms with Crippen molar-refractivity contribution in [3.05, 3.63) is 29.6 Å². The van der Waals surface area contributed by atoms with Crippen LogP contribution in [0.1, 0.15) is 37.4 Å². The van der Waals surface area contributed by atoms with Gasteiger partial charge in [-0.15, -0.1) is 0 Å². The van der Waals surface area contributed by atoms with E-state index in [0.29, 0.717) is 19.1 Å². The third-order valence-corrected chi connectivity index (χ3v) is 4.30. The van der Waals surface area contributed by atoms with Crippen molar-refractivity contribution >= 4 is 6.03 Å². The monoisotopic (exact) mass is 304 g/mol. The van der Waals surface area contributed by atoms with Crippen LogP contribution in [0.5, 0.6) is 0 Å². The molecule has 1 aliphatic heterocycles. The standard InChI is InChI=1S/C17H28N4O/c1-14-6-7-16(13-20-14)8-9-18-17(22)19-10-12-21-11-4-3-5-15(21)2/h6-7,13,15H,3-5,8-12H2,1-2H3,(H2,18,19,22)/t15-/m0/s1. The molecular weight excluding hydrogens is 276 g/mol. The molecule has 1 fully saturated rings. The SMILES string of the molecule is Cc1ccc(CCNC(=O)NCCN2CCCC[C@@H]2C)cn1. The quantitative estimate of drug-likeness (QED) is 0.846. The first-order chi connectivity index (χ1) is 10.6. The van der Waals surface area contributed by atoms with Crippen molar-refractivity contribution in [3.63, 3.8) is 0 Å². The van der Waals surface area contributed by atoms with E-state index in [9.17, 15) is 4.79 Å².